The Morgan fingerprint density at radius 2 is 1.92 bits per heavy atom. The maximum atomic E-state index is 10.8. The number of carbonyl (C=O) groups excluding carboxylic acids is 2. The molecule has 0 aromatic heterocycles. The summed E-state index contributed by atoms with van der Waals surface area (Å²) in [6.07, 6.45) is 0.974. The van der Waals surface area contributed by atoms with E-state index in [0.717, 1.165) is 13.0 Å². The van der Waals surface area contributed by atoms with E-state index in [-0.39, 0.29) is 6.42 Å². The first kappa shape index (κ1) is 12.1. The summed E-state index contributed by atoms with van der Waals surface area (Å²) in [4.78, 5) is 23.6. The minimum absolute atomic E-state index is 0.215. The van der Waals surface area contributed by atoms with Gasteiger partial charge in [0.1, 0.15) is 0 Å². The first-order valence-corrected chi connectivity index (χ1v) is 4.42. The highest BCUT2D eigenvalue weighted by Gasteiger charge is 2.11. The lowest BCUT2D eigenvalue weighted by atomic mass is 10.3. The predicted molar refractivity (Wildman–Crippen MR) is 49.4 cm³/mol. The Morgan fingerprint density at radius 3 is 2.38 bits per heavy atom. The molecule has 0 bridgehead atoms. The van der Waals surface area contributed by atoms with Crippen LogP contribution in [0.2, 0.25) is 0 Å². The molecule has 0 spiro atoms. The summed E-state index contributed by atoms with van der Waals surface area (Å²) < 4.78 is 4.73. The third-order valence-corrected chi connectivity index (χ3v) is 1.53. The molecule has 4 heteroatoms. The van der Waals surface area contributed by atoms with Crippen LogP contribution in [0.25, 0.3) is 0 Å². The Kier molecular flexibility index (Phi) is 6.14. The lowest BCUT2D eigenvalue weighted by Crippen LogP contribution is -2.20. The van der Waals surface area contributed by atoms with Gasteiger partial charge in [0.25, 0.3) is 0 Å². The molecule has 0 aliphatic carbocycles. The van der Waals surface area contributed by atoms with Crippen molar-refractivity contribution in [1.29, 1.82) is 0 Å². The monoisotopic (exact) mass is 187 g/mol. The van der Waals surface area contributed by atoms with Gasteiger partial charge in [0.05, 0.1) is 6.61 Å². The van der Waals surface area contributed by atoms with Gasteiger partial charge in [-0.1, -0.05) is 6.92 Å². The van der Waals surface area contributed by atoms with Crippen molar-refractivity contribution < 1.29 is 14.3 Å². The molecule has 4 nitrogen and oxygen atoms in total. The van der Waals surface area contributed by atoms with Crippen molar-refractivity contribution >= 4 is 11.8 Å². The second-order valence-corrected chi connectivity index (χ2v) is 3.07. The van der Waals surface area contributed by atoms with E-state index in [1.807, 2.05) is 19.0 Å². The van der Waals surface area contributed by atoms with Crippen LogP contribution in [0.4, 0.5) is 0 Å². The standard InChI is InChI=1S/C9H17NO3/c1-4-8(11)9(12)13-7-5-6-10(2)3/h4-7H2,1-3H3. The summed E-state index contributed by atoms with van der Waals surface area (Å²) >= 11 is 0. The van der Waals surface area contributed by atoms with Gasteiger partial charge in [-0.2, -0.15) is 0 Å². The number of carbonyl (C=O) groups is 2. The molecular formula is C9H17NO3. The van der Waals surface area contributed by atoms with E-state index in [4.69, 9.17) is 4.74 Å². The van der Waals surface area contributed by atoms with E-state index in [9.17, 15) is 9.59 Å². The quantitative estimate of drug-likeness (QED) is 0.344. The van der Waals surface area contributed by atoms with Crippen LogP contribution < -0.4 is 0 Å². The number of rotatable bonds is 6. The van der Waals surface area contributed by atoms with Crippen LogP contribution in [0.3, 0.4) is 0 Å². The molecule has 0 heterocycles. The van der Waals surface area contributed by atoms with E-state index in [0.29, 0.717) is 6.61 Å². The predicted octanol–water partition coefficient (Wildman–Crippen LogP) is 0.460. The fraction of sp³-hybridized carbons (Fsp3) is 0.778. The summed E-state index contributed by atoms with van der Waals surface area (Å²) in [5, 5.41) is 0. The number of hydrogen-bond donors (Lipinski definition) is 0. The number of ketones is 1. The van der Waals surface area contributed by atoms with Gasteiger partial charge in [0, 0.05) is 13.0 Å². The molecule has 0 N–H and O–H groups in total. The van der Waals surface area contributed by atoms with Crippen LogP contribution in [0.5, 0.6) is 0 Å². The number of esters is 1. The summed E-state index contributed by atoms with van der Waals surface area (Å²) in [5.74, 6) is -1.16. The molecule has 0 aromatic rings. The molecule has 0 aromatic carbocycles. The van der Waals surface area contributed by atoms with Crippen LogP contribution in [0.1, 0.15) is 19.8 Å². The van der Waals surface area contributed by atoms with E-state index in [2.05, 4.69) is 0 Å². The average molecular weight is 187 g/mol. The topological polar surface area (TPSA) is 46.6 Å². The molecule has 0 fully saturated rings. The van der Waals surface area contributed by atoms with Crippen molar-refractivity contribution in [2.45, 2.75) is 19.8 Å². The van der Waals surface area contributed by atoms with E-state index < -0.39 is 11.8 Å². The van der Waals surface area contributed by atoms with Crippen LogP contribution in [-0.2, 0) is 14.3 Å². The Bertz CT molecular complexity index is 178. The second-order valence-electron chi connectivity index (χ2n) is 3.07. The van der Waals surface area contributed by atoms with Crippen molar-refractivity contribution in [3.63, 3.8) is 0 Å². The molecule has 0 aliphatic rings. The van der Waals surface area contributed by atoms with Crippen LogP contribution in [0, 0.1) is 0 Å². The minimum atomic E-state index is -0.707. The molecule has 76 valence electrons. The van der Waals surface area contributed by atoms with Crippen molar-refractivity contribution in [3.8, 4) is 0 Å². The summed E-state index contributed by atoms with van der Waals surface area (Å²) in [6, 6.07) is 0. The normalized spacial score (nSPS) is 10.2. The summed E-state index contributed by atoms with van der Waals surface area (Å²) in [6.45, 7) is 2.82. The van der Waals surface area contributed by atoms with Crippen molar-refractivity contribution in [3.05, 3.63) is 0 Å². The van der Waals surface area contributed by atoms with E-state index in [1.165, 1.54) is 0 Å². The van der Waals surface area contributed by atoms with Crippen LogP contribution >= 0.6 is 0 Å². The average Bonchev–Trinajstić information content (AvgIpc) is 2.10. The van der Waals surface area contributed by atoms with Crippen molar-refractivity contribution in [1.82, 2.24) is 4.90 Å². The molecule has 0 saturated heterocycles. The fourth-order valence-electron chi connectivity index (χ4n) is 0.770. The Hall–Kier alpha value is -0.900. The maximum Gasteiger partial charge on any atom is 0.374 e. The highest BCUT2D eigenvalue weighted by atomic mass is 16.5. The van der Waals surface area contributed by atoms with Crippen molar-refractivity contribution in [2.75, 3.05) is 27.2 Å². The smallest absolute Gasteiger partial charge is 0.374 e. The molecule has 0 radical (unpaired) electrons. The molecule has 0 saturated carbocycles. The summed E-state index contributed by atoms with van der Waals surface area (Å²) in [7, 11) is 3.89. The van der Waals surface area contributed by atoms with Gasteiger partial charge < -0.3 is 9.64 Å². The zero-order chi connectivity index (χ0) is 10.3. The van der Waals surface area contributed by atoms with Crippen LogP contribution in [0.15, 0.2) is 0 Å². The number of nitrogens with zero attached hydrogens (tertiary/aromatic N) is 1. The van der Waals surface area contributed by atoms with Gasteiger partial charge in [-0.25, -0.2) is 4.79 Å². The van der Waals surface area contributed by atoms with Crippen LogP contribution in [-0.4, -0.2) is 43.9 Å². The third kappa shape index (κ3) is 6.28. The summed E-state index contributed by atoms with van der Waals surface area (Å²) in [5.41, 5.74) is 0. The molecule has 0 amide bonds. The van der Waals surface area contributed by atoms with Gasteiger partial charge in [-0.05, 0) is 20.5 Å². The zero-order valence-electron chi connectivity index (χ0n) is 8.50. The lowest BCUT2D eigenvalue weighted by molar-refractivity contribution is -0.153. The maximum absolute atomic E-state index is 10.8. The molecule has 13 heavy (non-hydrogen) atoms. The van der Waals surface area contributed by atoms with Gasteiger partial charge in [0.2, 0.25) is 5.78 Å². The molecule has 0 unspecified atom stereocenters. The third-order valence-electron chi connectivity index (χ3n) is 1.53. The number of Topliss-reactive ketones (excluding diaryl/α,β-unsaturated/α-hetero) is 1. The number of hydrogen-bond acceptors (Lipinski definition) is 4. The first-order valence-electron chi connectivity index (χ1n) is 4.42. The van der Waals surface area contributed by atoms with Gasteiger partial charge in [-0.3, -0.25) is 4.79 Å². The molecule has 0 rings (SSSR count). The van der Waals surface area contributed by atoms with Crippen molar-refractivity contribution in [2.24, 2.45) is 0 Å². The van der Waals surface area contributed by atoms with Gasteiger partial charge >= 0.3 is 5.97 Å². The fourth-order valence-corrected chi connectivity index (χ4v) is 0.770. The molecular weight excluding hydrogens is 170 g/mol. The van der Waals surface area contributed by atoms with E-state index in [1.54, 1.807) is 6.92 Å². The van der Waals surface area contributed by atoms with E-state index >= 15 is 0 Å². The SMILES string of the molecule is CCC(=O)C(=O)OCCCN(C)C. The Morgan fingerprint density at radius 1 is 1.31 bits per heavy atom. The van der Waals surface area contributed by atoms with Gasteiger partial charge in [0.15, 0.2) is 0 Å². The first-order chi connectivity index (χ1) is 6.07. The Balaban J connectivity index is 3.43. The largest absolute Gasteiger partial charge is 0.460 e. The number of ether oxygens (including phenoxy) is 1. The zero-order valence-corrected chi connectivity index (χ0v) is 8.50. The van der Waals surface area contributed by atoms with Gasteiger partial charge in [-0.15, -0.1) is 0 Å². The highest BCUT2D eigenvalue weighted by Crippen LogP contribution is 1.90. The second kappa shape index (κ2) is 6.60. The minimum Gasteiger partial charge on any atom is -0.460 e. The lowest BCUT2D eigenvalue weighted by Gasteiger charge is -2.08. The highest BCUT2D eigenvalue weighted by molar-refractivity contribution is 6.33. The molecule has 0 atom stereocenters. The Labute approximate surface area is 78.9 Å². The molecule has 0 aliphatic heterocycles.